The zero-order chi connectivity index (χ0) is 18.3. The number of aryl methyl sites for hydroxylation is 1. The minimum absolute atomic E-state index is 0.175. The van der Waals surface area contributed by atoms with E-state index in [4.69, 9.17) is 0 Å². The van der Waals surface area contributed by atoms with Crippen molar-refractivity contribution in [2.75, 3.05) is 5.75 Å². The Morgan fingerprint density at radius 3 is 2.92 bits per heavy atom. The highest BCUT2D eigenvalue weighted by Gasteiger charge is 2.31. The zero-order valence-corrected chi connectivity index (χ0v) is 17.7. The Bertz CT molecular complexity index is 938. The number of ketones is 1. The van der Waals surface area contributed by atoms with Crippen molar-refractivity contribution in [3.05, 3.63) is 39.2 Å². The van der Waals surface area contributed by atoms with Crippen LogP contribution in [0, 0.1) is 11.3 Å². The van der Waals surface area contributed by atoms with Crippen LogP contribution in [0.3, 0.4) is 0 Å². The molecule has 1 aliphatic carbocycles. The van der Waals surface area contributed by atoms with Gasteiger partial charge in [-0.05, 0) is 47.6 Å². The van der Waals surface area contributed by atoms with Crippen LogP contribution in [0.1, 0.15) is 47.3 Å². The van der Waals surface area contributed by atoms with Gasteiger partial charge in [-0.1, -0.05) is 38.6 Å². The fourth-order valence-electron chi connectivity index (χ4n) is 3.57. The maximum Gasteiger partial charge on any atom is 0.183 e. The molecule has 0 spiro atoms. The average Bonchev–Trinajstić information content (AvgIpc) is 3.25. The first kappa shape index (κ1) is 18.1. The number of thiophene rings is 2. The average molecular weight is 403 g/mol. The number of nitrogens with zero attached hydrogens (tertiary/aromatic N) is 2. The van der Waals surface area contributed by atoms with Gasteiger partial charge in [0.05, 0.1) is 10.6 Å². The van der Waals surface area contributed by atoms with Crippen LogP contribution in [0.15, 0.2) is 28.9 Å². The van der Waals surface area contributed by atoms with Crippen molar-refractivity contribution in [1.82, 2.24) is 9.97 Å². The standard InChI is InChI=1S/C20H22N2OS3/c1-20(2,3)12-6-7-13-16(9-12)26-19-17(13)18(21-11-22-19)25-10-14(23)15-5-4-8-24-15/h4-5,8,11-12H,6-7,9-10H2,1-3H3/t12-/m1/s1. The maximum atomic E-state index is 12.3. The van der Waals surface area contributed by atoms with Gasteiger partial charge in [0.25, 0.3) is 0 Å². The lowest BCUT2D eigenvalue weighted by molar-refractivity contribution is 0.102. The van der Waals surface area contributed by atoms with Crippen LogP contribution in [0.5, 0.6) is 0 Å². The summed E-state index contributed by atoms with van der Waals surface area (Å²) < 4.78 is 0. The van der Waals surface area contributed by atoms with Crippen molar-refractivity contribution in [1.29, 1.82) is 0 Å². The molecule has 0 fully saturated rings. The number of carbonyl (C=O) groups is 1. The van der Waals surface area contributed by atoms with E-state index in [1.54, 1.807) is 18.1 Å². The molecule has 3 aromatic heterocycles. The zero-order valence-electron chi connectivity index (χ0n) is 15.2. The Hall–Kier alpha value is -1.24. The summed E-state index contributed by atoms with van der Waals surface area (Å²) in [6.07, 6.45) is 5.09. The summed E-state index contributed by atoms with van der Waals surface area (Å²) in [7, 11) is 0. The Morgan fingerprint density at radius 2 is 2.19 bits per heavy atom. The first-order valence-electron chi connectivity index (χ1n) is 8.88. The fraction of sp³-hybridized carbons (Fsp3) is 0.450. The fourth-order valence-corrected chi connectivity index (χ4v) is 6.57. The first-order chi connectivity index (χ1) is 12.4. The molecule has 0 unspecified atom stereocenters. The minimum atomic E-state index is 0.175. The van der Waals surface area contributed by atoms with Gasteiger partial charge in [0.15, 0.2) is 5.78 Å². The number of hydrogen-bond acceptors (Lipinski definition) is 6. The number of fused-ring (bicyclic) bond motifs is 3. The molecule has 0 bridgehead atoms. The van der Waals surface area contributed by atoms with Gasteiger partial charge in [-0.25, -0.2) is 9.97 Å². The number of Topliss-reactive ketones (excluding diaryl/α,β-unsaturated/α-hetero) is 1. The summed E-state index contributed by atoms with van der Waals surface area (Å²) in [5, 5.41) is 4.11. The molecule has 3 heterocycles. The molecular weight excluding hydrogens is 380 g/mol. The predicted octanol–water partition coefficient (Wildman–Crippen LogP) is 5.88. The van der Waals surface area contributed by atoms with Crippen molar-refractivity contribution < 1.29 is 4.79 Å². The van der Waals surface area contributed by atoms with Gasteiger partial charge < -0.3 is 0 Å². The molecule has 26 heavy (non-hydrogen) atoms. The van der Waals surface area contributed by atoms with Gasteiger partial charge in [0.1, 0.15) is 16.2 Å². The van der Waals surface area contributed by atoms with Crippen molar-refractivity contribution >= 4 is 50.4 Å². The van der Waals surface area contributed by atoms with Crippen LogP contribution < -0.4 is 0 Å². The summed E-state index contributed by atoms with van der Waals surface area (Å²) in [4.78, 5) is 24.8. The van der Waals surface area contributed by atoms with Gasteiger partial charge in [0.2, 0.25) is 0 Å². The Balaban J connectivity index is 1.61. The number of thioether (sulfide) groups is 1. The molecule has 4 rings (SSSR count). The number of rotatable bonds is 4. The molecule has 0 saturated heterocycles. The predicted molar refractivity (Wildman–Crippen MR) is 112 cm³/mol. The monoisotopic (exact) mass is 402 g/mol. The quantitative estimate of drug-likeness (QED) is 0.310. The third kappa shape index (κ3) is 3.47. The van der Waals surface area contributed by atoms with E-state index in [1.807, 2.05) is 28.8 Å². The molecule has 136 valence electrons. The van der Waals surface area contributed by atoms with Crippen LogP contribution >= 0.6 is 34.4 Å². The molecule has 0 aromatic carbocycles. The van der Waals surface area contributed by atoms with Gasteiger partial charge in [-0.2, -0.15) is 0 Å². The van der Waals surface area contributed by atoms with E-state index in [-0.39, 0.29) is 5.78 Å². The SMILES string of the molecule is CC(C)(C)[C@@H]1CCc2c(sc3ncnc(SCC(=O)c4cccs4)c23)C1. The normalized spacial score (nSPS) is 17.4. The van der Waals surface area contributed by atoms with E-state index >= 15 is 0 Å². The molecule has 0 amide bonds. The molecule has 0 N–H and O–H groups in total. The van der Waals surface area contributed by atoms with Crippen molar-refractivity contribution in [3.8, 4) is 0 Å². The first-order valence-corrected chi connectivity index (χ1v) is 11.6. The highest BCUT2D eigenvalue weighted by Crippen LogP contribution is 2.44. The van der Waals surface area contributed by atoms with Gasteiger partial charge >= 0.3 is 0 Å². The lowest BCUT2D eigenvalue weighted by Crippen LogP contribution is -2.26. The van der Waals surface area contributed by atoms with Crippen molar-refractivity contribution in [2.45, 2.75) is 45.1 Å². The summed E-state index contributed by atoms with van der Waals surface area (Å²) in [5.74, 6) is 1.32. The Morgan fingerprint density at radius 1 is 1.35 bits per heavy atom. The van der Waals surface area contributed by atoms with E-state index in [2.05, 4.69) is 30.7 Å². The Labute approximate surface area is 166 Å². The van der Waals surface area contributed by atoms with Crippen LogP contribution in [-0.2, 0) is 12.8 Å². The molecule has 3 nitrogen and oxygen atoms in total. The highest BCUT2D eigenvalue weighted by atomic mass is 32.2. The molecule has 3 aromatic rings. The second-order valence-electron chi connectivity index (χ2n) is 7.86. The van der Waals surface area contributed by atoms with Crippen LogP contribution in [0.4, 0.5) is 0 Å². The number of aromatic nitrogens is 2. The Kier molecular flexibility index (Phi) is 4.92. The minimum Gasteiger partial charge on any atom is -0.292 e. The molecule has 6 heteroatoms. The van der Waals surface area contributed by atoms with E-state index in [1.165, 1.54) is 33.6 Å². The molecule has 1 aliphatic rings. The van der Waals surface area contributed by atoms with Gasteiger partial charge in [-0.3, -0.25) is 4.79 Å². The molecule has 0 radical (unpaired) electrons. The highest BCUT2D eigenvalue weighted by molar-refractivity contribution is 8.00. The molecule has 1 atom stereocenters. The second kappa shape index (κ2) is 7.06. The van der Waals surface area contributed by atoms with Crippen molar-refractivity contribution in [3.63, 3.8) is 0 Å². The summed E-state index contributed by atoms with van der Waals surface area (Å²) in [6.45, 7) is 7.02. The smallest absolute Gasteiger partial charge is 0.183 e. The van der Waals surface area contributed by atoms with E-state index in [0.29, 0.717) is 17.1 Å². The lowest BCUT2D eigenvalue weighted by Gasteiger charge is -2.33. The second-order valence-corrected chi connectivity index (χ2v) is 10.9. The van der Waals surface area contributed by atoms with Crippen molar-refractivity contribution in [2.24, 2.45) is 11.3 Å². The van der Waals surface area contributed by atoms with Crippen LogP contribution in [0.25, 0.3) is 10.2 Å². The van der Waals surface area contributed by atoms with Gasteiger partial charge in [0, 0.05) is 10.3 Å². The topological polar surface area (TPSA) is 42.9 Å². The van der Waals surface area contributed by atoms with E-state index < -0.39 is 0 Å². The molecular formula is C20H22N2OS3. The van der Waals surface area contributed by atoms with Crippen LogP contribution in [-0.4, -0.2) is 21.5 Å². The van der Waals surface area contributed by atoms with Crippen LogP contribution in [0.2, 0.25) is 0 Å². The summed E-state index contributed by atoms with van der Waals surface area (Å²) in [5.41, 5.74) is 1.77. The number of carbonyl (C=O) groups excluding carboxylic acids is 1. The van der Waals surface area contributed by atoms with E-state index in [9.17, 15) is 4.79 Å². The third-order valence-corrected chi connectivity index (χ3v) is 8.23. The van der Waals surface area contributed by atoms with E-state index in [0.717, 1.165) is 27.6 Å². The third-order valence-electron chi connectivity index (χ3n) is 5.17. The maximum absolute atomic E-state index is 12.3. The lowest BCUT2D eigenvalue weighted by atomic mass is 9.72. The summed E-state index contributed by atoms with van der Waals surface area (Å²) >= 11 is 4.87. The van der Waals surface area contributed by atoms with Gasteiger partial charge in [-0.15, -0.1) is 22.7 Å². The molecule has 0 aliphatic heterocycles. The molecule has 0 saturated carbocycles. The largest absolute Gasteiger partial charge is 0.292 e. The number of hydrogen-bond donors (Lipinski definition) is 0. The summed E-state index contributed by atoms with van der Waals surface area (Å²) in [6, 6.07) is 3.81.